The molecule has 5 aromatic rings. The number of aryl methyl sites for hydroxylation is 1. The van der Waals surface area contributed by atoms with Crippen LogP contribution < -0.4 is 15.4 Å². The number of hydrogen-bond donors (Lipinski definition) is 2. The molecule has 0 atom stereocenters. The van der Waals surface area contributed by atoms with E-state index in [1.54, 1.807) is 10.6 Å². The standard InChI is InChI=1S/C23H18N6O2S2/c1-13-26-27-23-29(13)28-21(33-23)16-8-5-9-17(10-16)24-22(32)25-20(30)18-11-14-6-3-4-7-15(14)12-19(18)31-2/h3-12H,1-2H3,(H2,24,25,30,32). The van der Waals surface area contributed by atoms with Crippen LogP contribution in [0.1, 0.15) is 16.2 Å². The van der Waals surface area contributed by atoms with E-state index in [1.165, 1.54) is 18.4 Å². The van der Waals surface area contributed by atoms with Crippen LogP contribution in [0.3, 0.4) is 0 Å². The maximum Gasteiger partial charge on any atom is 0.261 e. The Hall–Kier alpha value is -3.89. The number of rotatable bonds is 4. The van der Waals surface area contributed by atoms with Crippen LogP contribution in [0.2, 0.25) is 0 Å². The lowest BCUT2D eigenvalue weighted by Crippen LogP contribution is -2.34. The molecule has 0 saturated heterocycles. The molecule has 0 unspecified atom stereocenters. The van der Waals surface area contributed by atoms with Gasteiger partial charge in [0.15, 0.2) is 10.9 Å². The number of nitrogens with one attached hydrogen (secondary N) is 2. The van der Waals surface area contributed by atoms with Crippen molar-refractivity contribution in [3.05, 3.63) is 72.1 Å². The average Bonchev–Trinajstić information content (AvgIpc) is 3.40. The zero-order valence-electron chi connectivity index (χ0n) is 17.7. The fraction of sp³-hybridized carbons (Fsp3) is 0.0870. The molecule has 0 aliphatic rings. The quantitative estimate of drug-likeness (QED) is 0.372. The van der Waals surface area contributed by atoms with Gasteiger partial charge in [0.2, 0.25) is 4.96 Å². The molecular formula is C23H18N6O2S2. The number of aromatic nitrogens is 4. The van der Waals surface area contributed by atoms with Gasteiger partial charge in [-0.2, -0.15) is 9.61 Å². The molecule has 3 aromatic carbocycles. The van der Waals surface area contributed by atoms with Crippen LogP contribution in [-0.2, 0) is 0 Å². The van der Waals surface area contributed by atoms with Crippen LogP contribution in [0.15, 0.2) is 60.7 Å². The summed E-state index contributed by atoms with van der Waals surface area (Å²) in [4.78, 5) is 13.6. The lowest BCUT2D eigenvalue weighted by molar-refractivity contribution is 0.0975. The average molecular weight is 475 g/mol. The molecule has 2 aromatic heterocycles. The fourth-order valence-electron chi connectivity index (χ4n) is 3.46. The summed E-state index contributed by atoms with van der Waals surface area (Å²) in [6, 6.07) is 19.0. The molecule has 5 rings (SSSR count). The Bertz CT molecular complexity index is 1520. The van der Waals surface area contributed by atoms with Gasteiger partial charge in [-0.15, -0.1) is 10.2 Å². The normalized spacial score (nSPS) is 11.0. The Morgan fingerprint density at radius 1 is 1.06 bits per heavy atom. The second-order valence-corrected chi connectivity index (χ2v) is 8.60. The lowest BCUT2D eigenvalue weighted by Gasteiger charge is -2.13. The van der Waals surface area contributed by atoms with Crippen molar-refractivity contribution in [1.29, 1.82) is 0 Å². The van der Waals surface area contributed by atoms with E-state index in [0.29, 0.717) is 11.3 Å². The molecule has 2 N–H and O–H groups in total. The third kappa shape index (κ3) is 4.13. The molecule has 2 heterocycles. The fourth-order valence-corrected chi connectivity index (χ4v) is 4.55. The highest BCUT2D eigenvalue weighted by atomic mass is 32.1. The number of benzene rings is 3. The maximum absolute atomic E-state index is 12.9. The summed E-state index contributed by atoms with van der Waals surface area (Å²) in [7, 11) is 1.54. The maximum atomic E-state index is 12.9. The first-order chi connectivity index (χ1) is 16.0. The van der Waals surface area contributed by atoms with Crippen LogP contribution >= 0.6 is 23.6 Å². The topological polar surface area (TPSA) is 93.4 Å². The molecule has 0 bridgehead atoms. The molecule has 0 spiro atoms. The molecule has 0 aliphatic carbocycles. The van der Waals surface area contributed by atoms with Crippen molar-refractivity contribution in [3.63, 3.8) is 0 Å². The van der Waals surface area contributed by atoms with Gasteiger partial charge in [-0.1, -0.05) is 47.7 Å². The second-order valence-electron chi connectivity index (χ2n) is 7.24. The van der Waals surface area contributed by atoms with E-state index in [1.807, 2.05) is 61.5 Å². The van der Waals surface area contributed by atoms with Gasteiger partial charge in [-0.25, -0.2) is 0 Å². The van der Waals surface area contributed by atoms with E-state index in [0.717, 1.165) is 37.8 Å². The van der Waals surface area contributed by atoms with Gasteiger partial charge in [0, 0.05) is 11.3 Å². The third-order valence-corrected chi connectivity index (χ3v) is 6.21. The van der Waals surface area contributed by atoms with Crippen molar-refractivity contribution in [2.24, 2.45) is 0 Å². The van der Waals surface area contributed by atoms with Gasteiger partial charge in [0.05, 0.1) is 12.7 Å². The largest absolute Gasteiger partial charge is 0.496 e. The number of thiocarbonyl (C=S) groups is 1. The van der Waals surface area contributed by atoms with Gasteiger partial charge >= 0.3 is 0 Å². The van der Waals surface area contributed by atoms with Crippen LogP contribution in [-0.4, -0.2) is 37.9 Å². The van der Waals surface area contributed by atoms with E-state index in [2.05, 4.69) is 25.9 Å². The molecule has 0 fully saturated rings. The highest BCUT2D eigenvalue weighted by Crippen LogP contribution is 2.28. The monoisotopic (exact) mass is 474 g/mol. The number of ether oxygens (including phenoxy) is 1. The first kappa shape index (κ1) is 21.0. The van der Waals surface area contributed by atoms with Gasteiger partial charge in [0.25, 0.3) is 5.91 Å². The number of carbonyl (C=O) groups is 1. The van der Waals surface area contributed by atoms with E-state index in [-0.39, 0.29) is 11.0 Å². The van der Waals surface area contributed by atoms with Gasteiger partial charge < -0.3 is 10.1 Å². The summed E-state index contributed by atoms with van der Waals surface area (Å²) in [6.07, 6.45) is 0. The SMILES string of the molecule is COc1cc2ccccc2cc1C(=O)NC(=S)Nc1cccc(-c2nn3c(C)nnc3s2)c1. The molecule has 0 aliphatic heterocycles. The summed E-state index contributed by atoms with van der Waals surface area (Å²) in [5, 5.41) is 21.4. The second kappa shape index (κ2) is 8.57. The Morgan fingerprint density at radius 2 is 1.85 bits per heavy atom. The molecule has 33 heavy (non-hydrogen) atoms. The molecule has 8 nitrogen and oxygen atoms in total. The van der Waals surface area contributed by atoms with Crippen LogP contribution in [0.25, 0.3) is 26.3 Å². The summed E-state index contributed by atoms with van der Waals surface area (Å²) in [5.41, 5.74) is 2.04. The third-order valence-electron chi connectivity index (χ3n) is 5.05. The molecular weight excluding hydrogens is 456 g/mol. The predicted molar refractivity (Wildman–Crippen MR) is 133 cm³/mol. The molecule has 1 amide bonds. The van der Waals surface area contributed by atoms with Crippen molar-refractivity contribution in [3.8, 4) is 16.3 Å². The van der Waals surface area contributed by atoms with E-state index in [4.69, 9.17) is 17.0 Å². The first-order valence-corrected chi connectivity index (χ1v) is 11.2. The van der Waals surface area contributed by atoms with Crippen LogP contribution in [0, 0.1) is 6.92 Å². The number of methoxy groups -OCH3 is 1. The number of nitrogens with zero attached hydrogens (tertiary/aromatic N) is 4. The van der Waals surface area contributed by atoms with E-state index < -0.39 is 0 Å². The van der Waals surface area contributed by atoms with Crippen molar-refractivity contribution in [1.82, 2.24) is 25.1 Å². The number of hydrogen-bond acceptors (Lipinski definition) is 7. The van der Waals surface area contributed by atoms with Crippen molar-refractivity contribution < 1.29 is 9.53 Å². The summed E-state index contributed by atoms with van der Waals surface area (Å²) in [6.45, 7) is 1.85. The Balaban J connectivity index is 1.33. The highest BCUT2D eigenvalue weighted by molar-refractivity contribution is 7.80. The molecule has 0 radical (unpaired) electrons. The minimum Gasteiger partial charge on any atom is -0.496 e. The minimum absolute atomic E-state index is 0.182. The Kier molecular flexibility index (Phi) is 5.45. The first-order valence-electron chi connectivity index (χ1n) is 10.0. The summed E-state index contributed by atoms with van der Waals surface area (Å²) in [5.74, 6) is 0.861. The number of anilines is 1. The van der Waals surface area contributed by atoms with Gasteiger partial charge in [-0.3, -0.25) is 10.1 Å². The molecule has 164 valence electrons. The number of fused-ring (bicyclic) bond motifs is 2. The van der Waals surface area contributed by atoms with Crippen molar-refractivity contribution >= 4 is 56.0 Å². The van der Waals surface area contributed by atoms with Crippen LogP contribution in [0.4, 0.5) is 5.69 Å². The van der Waals surface area contributed by atoms with E-state index >= 15 is 0 Å². The summed E-state index contributed by atoms with van der Waals surface area (Å²) >= 11 is 6.83. The number of carbonyl (C=O) groups excluding carboxylic acids is 1. The Morgan fingerprint density at radius 3 is 2.61 bits per heavy atom. The van der Waals surface area contributed by atoms with Gasteiger partial charge in [-0.05, 0) is 54.2 Å². The molecule has 10 heteroatoms. The van der Waals surface area contributed by atoms with Crippen molar-refractivity contribution in [2.45, 2.75) is 6.92 Å². The van der Waals surface area contributed by atoms with E-state index in [9.17, 15) is 4.79 Å². The smallest absolute Gasteiger partial charge is 0.261 e. The Labute approximate surface area is 198 Å². The summed E-state index contributed by atoms with van der Waals surface area (Å²) < 4.78 is 7.13. The lowest BCUT2D eigenvalue weighted by atomic mass is 10.1. The molecule has 0 saturated carbocycles. The van der Waals surface area contributed by atoms with Crippen molar-refractivity contribution in [2.75, 3.05) is 12.4 Å². The number of amides is 1. The zero-order valence-corrected chi connectivity index (χ0v) is 19.3. The zero-order chi connectivity index (χ0) is 22.9. The predicted octanol–water partition coefficient (Wildman–Crippen LogP) is 4.45. The highest BCUT2D eigenvalue weighted by Gasteiger charge is 2.16. The minimum atomic E-state index is -0.351. The van der Waals surface area contributed by atoms with Crippen LogP contribution in [0.5, 0.6) is 5.75 Å². The van der Waals surface area contributed by atoms with Gasteiger partial charge in [0.1, 0.15) is 10.8 Å².